The van der Waals surface area contributed by atoms with Gasteiger partial charge in [0.2, 0.25) is 0 Å². The lowest BCUT2D eigenvalue weighted by Crippen LogP contribution is -1.90. The number of alkyl halides is 2. The summed E-state index contributed by atoms with van der Waals surface area (Å²) in [4.78, 5) is 6.99. The number of hydrogen-bond acceptors (Lipinski definition) is 2. The third-order valence-corrected chi connectivity index (χ3v) is 1.23. The molecule has 0 spiro atoms. The fourth-order valence-electron chi connectivity index (χ4n) is 0.461. The lowest BCUT2D eigenvalue weighted by molar-refractivity contribution is 0.145. The number of halogens is 3. The summed E-state index contributed by atoms with van der Waals surface area (Å²) in [6, 6.07) is 0. The predicted molar refractivity (Wildman–Crippen MR) is 34.7 cm³/mol. The smallest absolute Gasteiger partial charge is 0.260 e. The minimum absolute atomic E-state index is 0.311. The monoisotopic (exact) mass is 208 g/mol. The molecule has 5 heteroatoms. The normalized spacial score (nSPS) is 10.4. The van der Waals surface area contributed by atoms with E-state index >= 15 is 0 Å². The van der Waals surface area contributed by atoms with Gasteiger partial charge in [0.05, 0.1) is 12.4 Å². The lowest BCUT2D eigenvalue weighted by atomic mass is 10.5. The van der Waals surface area contributed by atoms with Gasteiger partial charge in [0.25, 0.3) is 6.43 Å². The molecule has 1 aromatic rings. The van der Waals surface area contributed by atoms with Crippen molar-refractivity contribution in [1.29, 1.82) is 0 Å². The van der Waals surface area contributed by atoms with Gasteiger partial charge >= 0.3 is 0 Å². The molecule has 1 rings (SSSR count). The highest BCUT2D eigenvalue weighted by molar-refractivity contribution is 9.10. The fourth-order valence-corrected chi connectivity index (χ4v) is 0.784. The summed E-state index contributed by atoms with van der Waals surface area (Å²) >= 11 is 2.92. The Hall–Kier alpha value is -0.580. The van der Waals surface area contributed by atoms with E-state index in [2.05, 4.69) is 25.9 Å². The van der Waals surface area contributed by atoms with Gasteiger partial charge in [-0.05, 0) is 15.9 Å². The Bertz CT molecular complexity index is 229. The van der Waals surface area contributed by atoms with E-state index in [1.165, 1.54) is 6.20 Å². The Balaban J connectivity index is 2.96. The van der Waals surface area contributed by atoms with Gasteiger partial charge in [-0.25, -0.2) is 13.8 Å². The highest BCUT2D eigenvalue weighted by atomic mass is 79.9. The Morgan fingerprint density at radius 3 is 2.50 bits per heavy atom. The highest BCUT2D eigenvalue weighted by Crippen LogP contribution is 2.16. The summed E-state index contributed by atoms with van der Waals surface area (Å²) in [5.41, 5.74) is -0.311. The van der Waals surface area contributed by atoms with Crippen LogP contribution < -0.4 is 0 Å². The molecule has 0 aliphatic heterocycles. The third-order valence-electron chi connectivity index (χ3n) is 0.847. The molecule has 0 unspecified atom stereocenters. The molecule has 0 saturated heterocycles. The van der Waals surface area contributed by atoms with Gasteiger partial charge in [-0.3, -0.25) is 4.98 Å². The zero-order chi connectivity index (χ0) is 7.56. The van der Waals surface area contributed by atoms with Crippen molar-refractivity contribution in [2.24, 2.45) is 0 Å². The van der Waals surface area contributed by atoms with E-state index in [1.807, 2.05) is 0 Å². The molecule has 0 fully saturated rings. The predicted octanol–water partition coefficient (Wildman–Crippen LogP) is 2.18. The molecule has 0 aliphatic rings. The zero-order valence-electron chi connectivity index (χ0n) is 4.76. The number of nitrogens with zero attached hydrogens (tertiary/aromatic N) is 2. The minimum atomic E-state index is -2.55. The molecule has 54 valence electrons. The number of aromatic nitrogens is 2. The van der Waals surface area contributed by atoms with Crippen LogP contribution in [0.25, 0.3) is 0 Å². The summed E-state index contributed by atoms with van der Waals surface area (Å²) in [7, 11) is 0. The van der Waals surface area contributed by atoms with Crippen molar-refractivity contribution < 1.29 is 8.78 Å². The third kappa shape index (κ3) is 1.70. The van der Waals surface area contributed by atoms with Crippen molar-refractivity contribution in [2.45, 2.75) is 6.43 Å². The van der Waals surface area contributed by atoms with Crippen molar-refractivity contribution >= 4 is 15.9 Å². The topological polar surface area (TPSA) is 25.8 Å². The molecule has 0 atom stereocenters. The molecule has 0 aromatic carbocycles. The molecule has 1 heterocycles. The average molecular weight is 209 g/mol. The van der Waals surface area contributed by atoms with E-state index in [0.717, 1.165) is 6.20 Å². The van der Waals surface area contributed by atoms with Crippen LogP contribution in [0.1, 0.15) is 12.1 Å². The standard InChI is InChI=1S/C5H3BrF2N2/c6-4-2-9-1-3(10-4)5(7)8/h1-2,5H. The first-order valence-electron chi connectivity index (χ1n) is 2.46. The fraction of sp³-hybridized carbons (Fsp3) is 0.200. The van der Waals surface area contributed by atoms with E-state index in [-0.39, 0.29) is 5.69 Å². The average Bonchev–Trinajstić information content (AvgIpc) is 1.88. The van der Waals surface area contributed by atoms with Crippen LogP contribution in [0.4, 0.5) is 8.78 Å². The molecule has 0 aliphatic carbocycles. The van der Waals surface area contributed by atoms with E-state index in [0.29, 0.717) is 4.60 Å². The summed E-state index contributed by atoms with van der Waals surface area (Å²) in [6.45, 7) is 0. The first-order valence-corrected chi connectivity index (χ1v) is 3.25. The summed E-state index contributed by atoms with van der Waals surface area (Å²) in [6.07, 6.45) is -0.161. The van der Waals surface area contributed by atoms with Crippen LogP contribution in [0.2, 0.25) is 0 Å². The van der Waals surface area contributed by atoms with Gasteiger partial charge in [-0.2, -0.15) is 0 Å². The summed E-state index contributed by atoms with van der Waals surface area (Å²) in [5, 5.41) is 0. The van der Waals surface area contributed by atoms with Crippen LogP contribution in [0, 0.1) is 0 Å². The van der Waals surface area contributed by atoms with Crippen LogP contribution in [0.5, 0.6) is 0 Å². The van der Waals surface area contributed by atoms with E-state index in [1.54, 1.807) is 0 Å². The van der Waals surface area contributed by atoms with Gasteiger partial charge in [-0.1, -0.05) is 0 Å². The largest absolute Gasteiger partial charge is 0.281 e. The Morgan fingerprint density at radius 2 is 2.10 bits per heavy atom. The maximum atomic E-state index is 11.8. The molecular weight excluding hydrogens is 206 g/mol. The molecule has 0 amide bonds. The van der Waals surface area contributed by atoms with Crippen LogP contribution in [0.3, 0.4) is 0 Å². The van der Waals surface area contributed by atoms with Gasteiger partial charge in [0, 0.05) is 0 Å². The Labute approximate surface area is 64.4 Å². The van der Waals surface area contributed by atoms with E-state index in [4.69, 9.17) is 0 Å². The van der Waals surface area contributed by atoms with Crippen LogP contribution in [-0.2, 0) is 0 Å². The quantitative estimate of drug-likeness (QED) is 0.708. The maximum Gasteiger partial charge on any atom is 0.281 e. The molecule has 10 heavy (non-hydrogen) atoms. The van der Waals surface area contributed by atoms with Crippen molar-refractivity contribution in [3.8, 4) is 0 Å². The second-order valence-corrected chi connectivity index (χ2v) is 2.38. The zero-order valence-corrected chi connectivity index (χ0v) is 6.35. The lowest BCUT2D eigenvalue weighted by Gasteiger charge is -1.95. The summed E-state index contributed by atoms with van der Waals surface area (Å²) in [5.74, 6) is 0. The molecular formula is C5H3BrF2N2. The molecule has 2 nitrogen and oxygen atoms in total. The highest BCUT2D eigenvalue weighted by Gasteiger charge is 2.08. The van der Waals surface area contributed by atoms with Crippen LogP contribution >= 0.6 is 15.9 Å². The second-order valence-electron chi connectivity index (χ2n) is 1.57. The second kappa shape index (κ2) is 3.01. The number of hydrogen-bond donors (Lipinski definition) is 0. The van der Waals surface area contributed by atoms with E-state index < -0.39 is 6.43 Å². The van der Waals surface area contributed by atoms with Gasteiger partial charge in [0.15, 0.2) is 0 Å². The molecule has 0 N–H and O–H groups in total. The van der Waals surface area contributed by atoms with Crippen molar-refractivity contribution in [3.63, 3.8) is 0 Å². The maximum absolute atomic E-state index is 11.8. The van der Waals surface area contributed by atoms with Crippen molar-refractivity contribution in [2.75, 3.05) is 0 Å². The van der Waals surface area contributed by atoms with Crippen LogP contribution in [0.15, 0.2) is 17.0 Å². The Morgan fingerprint density at radius 1 is 1.40 bits per heavy atom. The van der Waals surface area contributed by atoms with Crippen molar-refractivity contribution in [3.05, 3.63) is 22.7 Å². The minimum Gasteiger partial charge on any atom is -0.260 e. The van der Waals surface area contributed by atoms with E-state index in [9.17, 15) is 8.78 Å². The SMILES string of the molecule is FC(F)c1cncc(Br)n1. The molecule has 1 aromatic heterocycles. The van der Waals surface area contributed by atoms with Crippen molar-refractivity contribution in [1.82, 2.24) is 9.97 Å². The summed E-state index contributed by atoms with van der Waals surface area (Å²) < 4.78 is 24.0. The van der Waals surface area contributed by atoms with Gasteiger partial charge < -0.3 is 0 Å². The van der Waals surface area contributed by atoms with Gasteiger partial charge in [0.1, 0.15) is 10.3 Å². The molecule has 0 saturated carbocycles. The van der Waals surface area contributed by atoms with Gasteiger partial charge in [-0.15, -0.1) is 0 Å². The van der Waals surface area contributed by atoms with Crippen LogP contribution in [-0.4, -0.2) is 9.97 Å². The molecule has 0 bridgehead atoms. The Kier molecular flexibility index (Phi) is 2.26. The number of rotatable bonds is 1. The first-order chi connectivity index (χ1) is 4.70. The first kappa shape index (κ1) is 7.53. The molecule has 0 radical (unpaired) electrons.